The van der Waals surface area contributed by atoms with Gasteiger partial charge in [0.15, 0.2) is 0 Å². The van der Waals surface area contributed by atoms with Gasteiger partial charge in [0, 0.05) is 30.2 Å². The molecule has 132 valence electrons. The number of rotatable bonds is 4. The highest BCUT2D eigenvalue weighted by Gasteiger charge is 2.35. The second-order valence-corrected chi connectivity index (χ2v) is 7.04. The van der Waals surface area contributed by atoms with Gasteiger partial charge in [-0.2, -0.15) is 0 Å². The fourth-order valence-electron chi connectivity index (χ4n) is 3.33. The van der Waals surface area contributed by atoms with Crippen molar-refractivity contribution >= 4 is 17.5 Å². The molecule has 0 saturated carbocycles. The summed E-state index contributed by atoms with van der Waals surface area (Å²) in [6.45, 7) is 3.65. The largest absolute Gasteiger partial charge is 0.507 e. The van der Waals surface area contributed by atoms with E-state index >= 15 is 0 Å². The van der Waals surface area contributed by atoms with Gasteiger partial charge >= 0.3 is 0 Å². The molecule has 0 aliphatic carbocycles. The third kappa shape index (κ3) is 3.97. The predicted octanol–water partition coefficient (Wildman–Crippen LogP) is 3.83. The van der Waals surface area contributed by atoms with Crippen LogP contribution in [-0.4, -0.2) is 30.8 Å². The molecular weight excluding hydrogens is 338 g/mol. The lowest BCUT2D eigenvalue weighted by atomic mass is 9.74. The van der Waals surface area contributed by atoms with Gasteiger partial charge in [-0.15, -0.1) is 0 Å². The maximum atomic E-state index is 12.5. The molecule has 2 aromatic rings. The first-order chi connectivity index (χ1) is 12.0. The number of carbonyl (C=O) groups excluding carboxylic acids is 1. The maximum Gasteiger partial charge on any atom is 0.255 e. The first kappa shape index (κ1) is 17.8. The van der Waals surface area contributed by atoms with Crippen LogP contribution in [0.15, 0.2) is 42.5 Å². The second kappa shape index (κ2) is 7.46. The zero-order valence-electron chi connectivity index (χ0n) is 14.2. The van der Waals surface area contributed by atoms with Crippen molar-refractivity contribution in [3.8, 4) is 5.75 Å². The molecule has 1 heterocycles. The Morgan fingerprint density at radius 3 is 2.68 bits per heavy atom. The van der Waals surface area contributed by atoms with Crippen molar-refractivity contribution in [2.75, 3.05) is 19.8 Å². The smallest absolute Gasteiger partial charge is 0.255 e. The molecule has 0 radical (unpaired) electrons. The molecule has 1 aliphatic rings. The van der Waals surface area contributed by atoms with Crippen LogP contribution in [0.2, 0.25) is 5.02 Å². The van der Waals surface area contributed by atoms with Crippen LogP contribution in [0, 0.1) is 6.92 Å². The lowest BCUT2D eigenvalue weighted by Crippen LogP contribution is -2.44. The van der Waals surface area contributed by atoms with Crippen molar-refractivity contribution in [1.29, 1.82) is 0 Å². The first-order valence-electron chi connectivity index (χ1n) is 8.42. The van der Waals surface area contributed by atoms with Crippen LogP contribution in [0.3, 0.4) is 0 Å². The first-order valence-corrected chi connectivity index (χ1v) is 8.80. The molecule has 4 nitrogen and oxygen atoms in total. The summed E-state index contributed by atoms with van der Waals surface area (Å²) in [5.74, 6) is -0.272. The number of phenols is 1. The van der Waals surface area contributed by atoms with Crippen molar-refractivity contribution in [2.45, 2.75) is 25.2 Å². The molecule has 0 bridgehead atoms. The topological polar surface area (TPSA) is 58.6 Å². The fraction of sp³-hybridized carbons (Fsp3) is 0.350. The maximum absolute atomic E-state index is 12.5. The van der Waals surface area contributed by atoms with E-state index in [9.17, 15) is 9.90 Å². The zero-order chi connectivity index (χ0) is 17.9. The molecule has 0 aromatic heterocycles. The minimum atomic E-state index is -0.273. The Morgan fingerprint density at radius 1 is 1.24 bits per heavy atom. The average molecular weight is 360 g/mol. The Balaban J connectivity index is 1.80. The van der Waals surface area contributed by atoms with Gasteiger partial charge in [-0.1, -0.05) is 29.8 Å². The number of amides is 1. The minimum absolute atomic E-state index is 0.00119. The van der Waals surface area contributed by atoms with Crippen LogP contribution in [0.25, 0.3) is 0 Å². The van der Waals surface area contributed by atoms with Crippen LogP contribution in [0.1, 0.15) is 34.3 Å². The Morgan fingerprint density at radius 2 is 2.00 bits per heavy atom. The molecule has 5 heteroatoms. The summed E-state index contributed by atoms with van der Waals surface area (Å²) in [5.41, 5.74) is 2.10. The van der Waals surface area contributed by atoms with E-state index in [2.05, 4.69) is 5.32 Å². The molecule has 0 atom stereocenters. The van der Waals surface area contributed by atoms with Crippen LogP contribution < -0.4 is 5.32 Å². The van der Waals surface area contributed by atoms with Crippen molar-refractivity contribution in [2.24, 2.45) is 0 Å². The van der Waals surface area contributed by atoms with Crippen molar-refractivity contribution in [3.63, 3.8) is 0 Å². The second-order valence-electron chi connectivity index (χ2n) is 6.61. The third-order valence-electron chi connectivity index (χ3n) is 4.87. The van der Waals surface area contributed by atoms with Gasteiger partial charge in [0.2, 0.25) is 0 Å². The number of hydrogen-bond donors (Lipinski definition) is 2. The van der Waals surface area contributed by atoms with Crippen molar-refractivity contribution in [3.05, 3.63) is 64.2 Å². The Kier molecular flexibility index (Phi) is 5.30. The molecule has 1 aliphatic heterocycles. The number of nitrogens with one attached hydrogen (secondary N) is 1. The number of phenolic OH excluding ortho intramolecular Hbond substituents is 1. The highest BCUT2D eigenvalue weighted by Crippen LogP contribution is 2.35. The van der Waals surface area contributed by atoms with E-state index in [1.54, 1.807) is 12.1 Å². The minimum Gasteiger partial charge on any atom is -0.507 e. The van der Waals surface area contributed by atoms with E-state index < -0.39 is 0 Å². The normalized spacial score (nSPS) is 16.4. The third-order valence-corrected chi connectivity index (χ3v) is 5.11. The van der Waals surface area contributed by atoms with Gasteiger partial charge in [0.05, 0.1) is 5.56 Å². The van der Waals surface area contributed by atoms with E-state index in [1.165, 1.54) is 0 Å². The van der Waals surface area contributed by atoms with Crippen molar-refractivity contribution in [1.82, 2.24) is 5.32 Å². The Hall–Kier alpha value is -2.04. The molecule has 2 aromatic carbocycles. The molecule has 0 spiro atoms. The number of carbonyl (C=O) groups is 1. The molecule has 25 heavy (non-hydrogen) atoms. The lowest BCUT2D eigenvalue weighted by molar-refractivity contribution is 0.0487. The lowest BCUT2D eigenvalue weighted by Gasteiger charge is -2.38. The van der Waals surface area contributed by atoms with E-state index in [1.807, 2.05) is 37.3 Å². The highest BCUT2D eigenvalue weighted by atomic mass is 35.5. The van der Waals surface area contributed by atoms with Crippen LogP contribution in [0.5, 0.6) is 5.75 Å². The zero-order valence-corrected chi connectivity index (χ0v) is 15.0. The number of aryl methyl sites for hydroxylation is 1. The Bertz CT molecular complexity index is 769. The molecule has 0 unspecified atom stereocenters. The number of halogens is 1. The van der Waals surface area contributed by atoms with E-state index in [0.717, 1.165) is 24.0 Å². The van der Waals surface area contributed by atoms with E-state index in [-0.39, 0.29) is 17.1 Å². The summed E-state index contributed by atoms with van der Waals surface area (Å²) in [4.78, 5) is 12.5. The highest BCUT2D eigenvalue weighted by molar-refractivity contribution is 6.30. The van der Waals surface area contributed by atoms with Gasteiger partial charge in [-0.3, -0.25) is 4.79 Å². The molecule has 1 amide bonds. The summed E-state index contributed by atoms with van der Waals surface area (Å²) in [5, 5.41) is 13.7. The van der Waals surface area contributed by atoms with Gasteiger partial charge in [-0.25, -0.2) is 0 Å². The summed E-state index contributed by atoms with van der Waals surface area (Å²) >= 11 is 6.17. The monoisotopic (exact) mass is 359 g/mol. The van der Waals surface area contributed by atoms with Crippen LogP contribution in [0.4, 0.5) is 0 Å². The molecular formula is C20H22ClNO3. The number of hydrogen-bond acceptors (Lipinski definition) is 3. The van der Waals surface area contributed by atoms with Gasteiger partial charge in [0.25, 0.3) is 5.91 Å². The van der Waals surface area contributed by atoms with Crippen LogP contribution >= 0.6 is 11.6 Å². The van der Waals surface area contributed by atoms with Gasteiger partial charge < -0.3 is 15.2 Å². The molecule has 1 fully saturated rings. The quantitative estimate of drug-likeness (QED) is 0.872. The van der Waals surface area contributed by atoms with Gasteiger partial charge in [-0.05, 0) is 55.2 Å². The summed E-state index contributed by atoms with van der Waals surface area (Å²) in [6.07, 6.45) is 1.63. The summed E-state index contributed by atoms with van der Waals surface area (Å²) in [7, 11) is 0. The van der Waals surface area contributed by atoms with Gasteiger partial charge in [0.1, 0.15) is 5.75 Å². The molecule has 1 saturated heterocycles. The molecule has 3 rings (SSSR count). The van der Waals surface area contributed by atoms with E-state index in [0.29, 0.717) is 30.3 Å². The summed E-state index contributed by atoms with van der Waals surface area (Å²) in [6, 6.07) is 12.8. The number of aromatic hydroxyl groups is 1. The average Bonchev–Trinajstić information content (AvgIpc) is 2.60. The fourth-order valence-corrected chi connectivity index (χ4v) is 3.52. The predicted molar refractivity (Wildman–Crippen MR) is 98.4 cm³/mol. The van der Waals surface area contributed by atoms with Crippen molar-refractivity contribution < 1.29 is 14.6 Å². The number of ether oxygens (including phenoxy) is 1. The molecule has 2 N–H and O–H groups in total. The van der Waals surface area contributed by atoms with E-state index in [4.69, 9.17) is 16.3 Å². The number of benzene rings is 2. The summed E-state index contributed by atoms with van der Waals surface area (Å²) < 4.78 is 5.51. The Labute approximate surface area is 152 Å². The SMILES string of the molecule is Cc1ccc(C(=O)NCC2(c3cccc(Cl)c3)CCOCC2)c(O)c1. The van der Waals surface area contributed by atoms with Crippen LogP contribution in [-0.2, 0) is 10.2 Å². The standard InChI is InChI=1S/C20H22ClNO3/c1-14-5-6-17(18(23)11-14)19(24)22-13-20(7-9-25-10-8-20)15-3-2-4-16(21)12-15/h2-6,11-12,23H,7-10,13H2,1H3,(H,22,24).